The van der Waals surface area contributed by atoms with E-state index in [1.54, 1.807) is 19.1 Å². The Labute approximate surface area is 113 Å². The molecule has 1 aromatic carbocycles. The number of ether oxygens (including phenoxy) is 1. The highest BCUT2D eigenvalue weighted by atomic mass is 16.5. The predicted molar refractivity (Wildman–Crippen MR) is 72.9 cm³/mol. The van der Waals surface area contributed by atoms with Crippen LogP contribution >= 0.6 is 0 Å². The topological polar surface area (TPSA) is 53.3 Å². The number of benzene rings is 1. The monoisotopic (exact) mass is 258 g/mol. The quantitative estimate of drug-likeness (QED) is 0.837. The van der Waals surface area contributed by atoms with Gasteiger partial charge in [-0.05, 0) is 25.0 Å². The third-order valence-corrected chi connectivity index (χ3v) is 3.83. The molecule has 0 radical (unpaired) electrons. The summed E-state index contributed by atoms with van der Waals surface area (Å²) < 4.78 is 5.27. The molecule has 0 saturated heterocycles. The molecule has 0 heterocycles. The Bertz CT molecular complexity index is 513. The van der Waals surface area contributed by atoms with Crippen LogP contribution in [0.25, 0.3) is 0 Å². The lowest BCUT2D eigenvalue weighted by Gasteiger charge is -2.27. The molecule has 1 aliphatic carbocycles. The van der Waals surface area contributed by atoms with Gasteiger partial charge >= 0.3 is 0 Å². The second-order valence-corrected chi connectivity index (χ2v) is 4.94. The van der Waals surface area contributed by atoms with Gasteiger partial charge in [0.25, 0.3) is 0 Å². The lowest BCUT2D eigenvalue weighted by molar-refractivity contribution is -0.124. The third kappa shape index (κ3) is 2.28. The summed E-state index contributed by atoms with van der Waals surface area (Å²) in [5, 5.41) is 9.38. The van der Waals surface area contributed by atoms with Gasteiger partial charge in [0.1, 0.15) is 11.2 Å². The van der Waals surface area contributed by atoms with Crippen LogP contribution in [-0.2, 0) is 4.79 Å². The summed E-state index contributed by atoms with van der Waals surface area (Å²) in [5.74, 6) is 0.515. The second-order valence-electron chi connectivity index (χ2n) is 4.94. The molecule has 0 aromatic heterocycles. The number of rotatable bonds is 3. The van der Waals surface area contributed by atoms with E-state index in [9.17, 15) is 10.1 Å². The predicted octanol–water partition coefficient (Wildman–Crippen LogP) is 2.74. The Kier molecular flexibility index (Phi) is 3.75. The molecule has 1 amide bonds. The SMILES string of the molecule is COc1ccccc1N(C)C(=O)C1(C#N)CCCC1. The maximum absolute atomic E-state index is 12.6. The van der Waals surface area contributed by atoms with Gasteiger partial charge in [-0.2, -0.15) is 5.26 Å². The van der Waals surface area contributed by atoms with Crippen molar-refractivity contribution in [3.8, 4) is 11.8 Å². The average molecular weight is 258 g/mol. The van der Waals surface area contributed by atoms with Crippen LogP contribution in [0.2, 0.25) is 0 Å². The van der Waals surface area contributed by atoms with E-state index in [4.69, 9.17) is 4.74 Å². The van der Waals surface area contributed by atoms with Gasteiger partial charge in [0, 0.05) is 7.05 Å². The van der Waals surface area contributed by atoms with Gasteiger partial charge in [-0.3, -0.25) is 4.79 Å². The van der Waals surface area contributed by atoms with E-state index in [0.29, 0.717) is 24.3 Å². The fourth-order valence-electron chi connectivity index (χ4n) is 2.69. The highest BCUT2D eigenvalue weighted by Gasteiger charge is 2.43. The minimum Gasteiger partial charge on any atom is -0.495 e. The average Bonchev–Trinajstić information content (AvgIpc) is 2.95. The number of carbonyl (C=O) groups is 1. The molecule has 1 saturated carbocycles. The molecule has 100 valence electrons. The van der Waals surface area contributed by atoms with Gasteiger partial charge in [-0.15, -0.1) is 0 Å². The summed E-state index contributed by atoms with van der Waals surface area (Å²) in [4.78, 5) is 14.2. The van der Waals surface area contributed by atoms with E-state index in [2.05, 4.69) is 6.07 Å². The minimum atomic E-state index is -0.852. The lowest BCUT2D eigenvalue weighted by atomic mass is 9.86. The fourth-order valence-corrected chi connectivity index (χ4v) is 2.69. The van der Waals surface area contributed by atoms with Crippen LogP contribution in [-0.4, -0.2) is 20.1 Å². The van der Waals surface area contributed by atoms with Crippen molar-refractivity contribution >= 4 is 11.6 Å². The van der Waals surface area contributed by atoms with Crippen molar-refractivity contribution in [1.82, 2.24) is 0 Å². The highest BCUT2D eigenvalue weighted by Crippen LogP contribution is 2.40. The van der Waals surface area contributed by atoms with Crippen molar-refractivity contribution in [2.45, 2.75) is 25.7 Å². The molecule has 0 bridgehead atoms. The molecule has 0 spiro atoms. The zero-order valence-corrected chi connectivity index (χ0v) is 11.3. The molecular formula is C15H18N2O2. The van der Waals surface area contributed by atoms with Crippen molar-refractivity contribution in [3.05, 3.63) is 24.3 Å². The maximum Gasteiger partial charge on any atom is 0.247 e. The first kappa shape index (κ1) is 13.4. The van der Waals surface area contributed by atoms with E-state index in [1.165, 1.54) is 0 Å². The summed E-state index contributed by atoms with van der Waals surface area (Å²) in [7, 11) is 3.28. The molecule has 19 heavy (non-hydrogen) atoms. The van der Waals surface area contributed by atoms with Crippen LogP contribution in [0.15, 0.2) is 24.3 Å². The summed E-state index contributed by atoms with van der Waals surface area (Å²) in [6, 6.07) is 9.59. The maximum atomic E-state index is 12.6. The van der Waals surface area contributed by atoms with Crippen LogP contribution in [0.5, 0.6) is 5.75 Å². The molecule has 4 nitrogen and oxygen atoms in total. The van der Waals surface area contributed by atoms with Crippen LogP contribution in [0.3, 0.4) is 0 Å². The number of anilines is 1. The summed E-state index contributed by atoms with van der Waals surface area (Å²) in [6.45, 7) is 0. The number of methoxy groups -OCH3 is 1. The van der Waals surface area contributed by atoms with E-state index >= 15 is 0 Å². The number of para-hydroxylation sites is 2. The van der Waals surface area contributed by atoms with Gasteiger partial charge in [0.05, 0.1) is 18.9 Å². The fraction of sp³-hybridized carbons (Fsp3) is 0.467. The number of nitriles is 1. The number of hydrogen-bond acceptors (Lipinski definition) is 3. The Morgan fingerprint density at radius 2 is 2.00 bits per heavy atom. The second kappa shape index (κ2) is 5.31. The van der Waals surface area contributed by atoms with Crippen LogP contribution in [0.1, 0.15) is 25.7 Å². The molecule has 4 heteroatoms. The Hall–Kier alpha value is -2.02. The largest absolute Gasteiger partial charge is 0.495 e. The first-order valence-corrected chi connectivity index (χ1v) is 6.47. The van der Waals surface area contributed by atoms with Crippen molar-refractivity contribution in [2.75, 3.05) is 19.1 Å². The summed E-state index contributed by atoms with van der Waals surface area (Å²) in [6.07, 6.45) is 3.20. The zero-order valence-electron chi connectivity index (χ0n) is 11.3. The summed E-state index contributed by atoms with van der Waals surface area (Å²) >= 11 is 0. The van der Waals surface area contributed by atoms with Crippen molar-refractivity contribution < 1.29 is 9.53 Å². The standard InChI is InChI=1S/C15H18N2O2/c1-17(12-7-3-4-8-13(12)19-2)14(18)15(11-16)9-5-6-10-15/h3-4,7-8H,5-6,9-10H2,1-2H3. The van der Waals surface area contributed by atoms with E-state index < -0.39 is 5.41 Å². The molecular weight excluding hydrogens is 240 g/mol. The van der Waals surface area contributed by atoms with Crippen LogP contribution < -0.4 is 9.64 Å². The third-order valence-electron chi connectivity index (χ3n) is 3.83. The summed E-state index contributed by atoms with van der Waals surface area (Å²) in [5.41, 5.74) is -0.146. The molecule has 1 aliphatic rings. The van der Waals surface area contributed by atoms with Gasteiger partial charge in [0.15, 0.2) is 0 Å². The van der Waals surface area contributed by atoms with Crippen molar-refractivity contribution in [2.24, 2.45) is 5.41 Å². The Morgan fingerprint density at radius 1 is 1.37 bits per heavy atom. The first-order chi connectivity index (χ1) is 9.14. The van der Waals surface area contributed by atoms with Gasteiger partial charge in [-0.1, -0.05) is 25.0 Å². The van der Waals surface area contributed by atoms with Crippen molar-refractivity contribution in [3.63, 3.8) is 0 Å². The Morgan fingerprint density at radius 3 is 2.58 bits per heavy atom. The van der Waals surface area contributed by atoms with E-state index in [-0.39, 0.29) is 5.91 Å². The number of hydrogen-bond donors (Lipinski definition) is 0. The minimum absolute atomic E-state index is 0.128. The molecule has 0 N–H and O–H groups in total. The normalized spacial score (nSPS) is 16.7. The van der Waals surface area contributed by atoms with Gasteiger partial charge in [0.2, 0.25) is 5.91 Å². The Balaban J connectivity index is 2.31. The lowest BCUT2D eigenvalue weighted by Crippen LogP contribution is -2.39. The van der Waals surface area contributed by atoms with E-state index in [0.717, 1.165) is 12.8 Å². The van der Waals surface area contributed by atoms with Gasteiger partial charge in [-0.25, -0.2) is 0 Å². The zero-order chi connectivity index (χ0) is 13.9. The number of amides is 1. The molecule has 0 unspecified atom stereocenters. The first-order valence-electron chi connectivity index (χ1n) is 6.47. The highest BCUT2D eigenvalue weighted by molar-refractivity contribution is 6.00. The van der Waals surface area contributed by atoms with Crippen LogP contribution in [0, 0.1) is 16.7 Å². The molecule has 1 aromatic rings. The smallest absolute Gasteiger partial charge is 0.247 e. The number of carbonyl (C=O) groups excluding carboxylic acids is 1. The number of nitrogens with zero attached hydrogens (tertiary/aromatic N) is 2. The molecule has 2 rings (SSSR count). The molecule has 1 fully saturated rings. The van der Waals surface area contributed by atoms with Crippen molar-refractivity contribution in [1.29, 1.82) is 5.26 Å². The molecule has 0 aliphatic heterocycles. The van der Waals surface area contributed by atoms with Gasteiger partial charge < -0.3 is 9.64 Å². The van der Waals surface area contributed by atoms with E-state index in [1.807, 2.05) is 24.3 Å². The van der Waals surface area contributed by atoms with Crippen LogP contribution in [0.4, 0.5) is 5.69 Å². The molecule has 0 atom stereocenters.